The molecule has 1 aliphatic rings. The molecular weight excluding hydrogens is 300 g/mol. The van der Waals surface area contributed by atoms with Crippen molar-refractivity contribution in [3.63, 3.8) is 0 Å². The lowest BCUT2D eigenvalue weighted by molar-refractivity contribution is 0.393. The Balaban J connectivity index is 2.16. The molecule has 0 saturated heterocycles. The molecule has 1 saturated carbocycles. The molecule has 2 atom stereocenters. The van der Waals surface area contributed by atoms with Crippen LogP contribution in [0, 0.1) is 17.6 Å². The van der Waals surface area contributed by atoms with Gasteiger partial charge in [-0.3, -0.25) is 0 Å². The first-order valence-corrected chi connectivity index (χ1v) is 7.28. The maximum absolute atomic E-state index is 13.9. The zero-order chi connectivity index (χ0) is 13.1. The fraction of sp³-hybridized carbons (Fsp3) is 0.571. The summed E-state index contributed by atoms with van der Waals surface area (Å²) in [6.07, 6.45) is 3.77. The molecule has 0 amide bonds. The average Bonchev–Trinajstić information content (AvgIpc) is 2.78. The third-order valence-corrected chi connectivity index (χ3v) is 4.34. The number of rotatable bonds is 4. The smallest absolute Gasteiger partial charge is 0.143 e. The van der Waals surface area contributed by atoms with E-state index in [1.54, 1.807) is 0 Å². The van der Waals surface area contributed by atoms with E-state index >= 15 is 0 Å². The summed E-state index contributed by atoms with van der Waals surface area (Å²) in [7, 11) is 0. The Labute approximate surface area is 115 Å². The molecule has 1 N–H and O–H groups in total. The Bertz CT molecular complexity index is 423. The van der Waals surface area contributed by atoms with E-state index in [4.69, 9.17) is 0 Å². The van der Waals surface area contributed by atoms with Gasteiger partial charge in [0.2, 0.25) is 0 Å². The fourth-order valence-corrected chi connectivity index (χ4v) is 3.20. The average molecular weight is 318 g/mol. The van der Waals surface area contributed by atoms with Crippen LogP contribution in [0.25, 0.3) is 0 Å². The summed E-state index contributed by atoms with van der Waals surface area (Å²) < 4.78 is 28.0. The normalized spacial score (nSPS) is 23.6. The molecule has 0 spiro atoms. The van der Waals surface area contributed by atoms with E-state index in [9.17, 15) is 8.78 Å². The lowest BCUT2D eigenvalue weighted by Crippen LogP contribution is -2.33. The second kappa shape index (κ2) is 6.11. The van der Waals surface area contributed by atoms with Crippen LogP contribution in [0.1, 0.15) is 31.7 Å². The van der Waals surface area contributed by atoms with E-state index in [-0.39, 0.29) is 5.56 Å². The predicted molar refractivity (Wildman–Crippen MR) is 72.6 cm³/mol. The summed E-state index contributed by atoms with van der Waals surface area (Å²) >= 11 is 3.12. The third-order valence-electron chi connectivity index (χ3n) is 3.73. The Kier molecular flexibility index (Phi) is 4.73. The highest BCUT2D eigenvalue weighted by Crippen LogP contribution is 2.31. The summed E-state index contributed by atoms with van der Waals surface area (Å²) in [6, 6.07) is 3.15. The highest BCUT2D eigenvalue weighted by molar-refractivity contribution is 9.10. The zero-order valence-electron chi connectivity index (χ0n) is 10.5. The van der Waals surface area contributed by atoms with Gasteiger partial charge in [-0.15, -0.1) is 0 Å². The van der Waals surface area contributed by atoms with Gasteiger partial charge in [0.15, 0.2) is 0 Å². The van der Waals surface area contributed by atoms with Gasteiger partial charge in [-0.1, -0.05) is 13.3 Å². The standard InChI is InChI=1S/C14H18BrF2N/c1-2-18-13-5-3-4-9(13)8-10-12(16)7-6-11(15)14(10)17/h6-7,9,13,18H,2-5,8H2,1H3. The molecule has 4 heteroatoms. The molecule has 0 aromatic heterocycles. The zero-order valence-corrected chi connectivity index (χ0v) is 12.1. The van der Waals surface area contributed by atoms with Crippen molar-refractivity contribution in [1.82, 2.24) is 5.32 Å². The SMILES string of the molecule is CCNC1CCCC1Cc1c(F)ccc(Br)c1F. The first-order chi connectivity index (χ1) is 8.63. The minimum atomic E-state index is -0.447. The molecule has 1 aromatic rings. The lowest BCUT2D eigenvalue weighted by atomic mass is 9.94. The van der Waals surface area contributed by atoms with Crippen molar-refractivity contribution >= 4 is 15.9 Å². The van der Waals surface area contributed by atoms with Crippen molar-refractivity contribution in [3.8, 4) is 0 Å². The van der Waals surface area contributed by atoms with Gasteiger partial charge >= 0.3 is 0 Å². The van der Waals surface area contributed by atoms with Gasteiger partial charge in [0.05, 0.1) is 4.47 Å². The van der Waals surface area contributed by atoms with Crippen molar-refractivity contribution < 1.29 is 8.78 Å². The summed E-state index contributed by atoms with van der Waals surface area (Å²) in [6.45, 7) is 2.97. The maximum atomic E-state index is 13.9. The van der Waals surface area contributed by atoms with Gasteiger partial charge in [0.1, 0.15) is 11.6 Å². The maximum Gasteiger partial charge on any atom is 0.143 e. The van der Waals surface area contributed by atoms with Crippen molar-refractivity contribution in [2.75, 3.05) is 6.54 Å². The molecule has 1 nitrogen and oxygen atoms in total. The number of nitrogens with one attached hydrogen (secondary N) is 1. The summed E-state index contributed by atoms with van der Waals surface area (Å²) in [4.78, 5) is 0. The highest BCUT2D eigenvalue weighted by atomic mass is 79.9. The first-order valence-electron chi connectivity index (χ1n) is 6.49. The Morgan fingerprint density at radius 2 is 2.11 bits per heavy atom. The van der Waals surface area contributed by atoms with Crippen LogP contribution in [0.4, 0.5) is 8.78 Å². The van der Waals surface area contributed by atoms with Gasteiger partial charge in [-0.05, 0) is 59.8 Å². The molecule has 1 aliphatic carbocycles. The van der Waals surface area contributed by atoms with E-state index in [2.05, 4.69) is 28.2 Å². The van der Waals surface area contributed by atoms with Gasteiger partial charge < -0.3 is 5.32 Å². The third kappa shape index (κ3) is 2.91. The summed E-state index contributed by atoms with van der Waals surface area (Å²) in [5.41, 5.74) is 0.221. The minimum Gasteiger partial charge on any atom is -0.314 e. The van der Waals surface area contributed by atoms with Gasteiger partial charge in [-0.2, -0.15) is 0 Å². The van der Waals surface area contributed by atoms with Crippen LogP contribution < -0.4 is 5.32 Å². The number of hydrogen-bond donors (Lipinski definition) is 1. The predicted octanol–water partition coefficient (Wildman–Crippen LogP) is 4.05. The Morgan fingerprint density at radius 1 is 1.33 bits per heavy atom. The summed E-state index contributed by atoms with van der Waals surface area (Å²) in [5, 5.41) is 3.41. The van der Waals surface area contributed by atoms with Crippen LogP contribution in [0.15, 0.2) is 16.6 Å². The molecule has 1 aromatic carbocycles. The molecule has 0 radical (unpaired) electrons. The van der Waals surface area contributed by atoms with Crippen molar-refractivity contribution in [2.45, 2.75) is 38.6 Å². The minimum absolute atomic E-state index is 0.221. The molecule has 0 aliphatic heterocycles. The van der Waals surface area contributed by atoms with Crippen LogP contribution in [0.2, 0.25) is 0 Å². The number of halogens is 3. The lowest BCUT2D eigenvalue weighted by Gasteiger charge is -2.21. The van der Waals surface area contributed by atoms with E-state index in [1.807, 2.05) is 0 Å². The molecule has 2 rings (SSSR count). The van der Waals surface area contributed by atoms with Gasteiger partial charge in [0.25, 0.3) is 0 Å². The summed E-state index contributed by atoms with van der Waals surface area (Å²) in [5.74, 6) is -0.543. The number of hydrogen-bond acceptors (Lipinski definition) is 1. The fourth-order valence-electron chi connectivity index (χ4n) is 2.83. The second-order valence-corrected chi connectivity index (χ2v) is 5.74. The largest absolute Gasteiger partial charge is 0.314 e. The van der Waals surface area contributed by atoms with Crippen LogP contribution in [0.3, 0.4) is 0 Å². The molecule has 100 valence electrons. The quantitative estimate of drug-likeness (QED) is 0.826. The molecular formula is C14H18BrF2N. The molecule has 0 bridgehead atoms. The van der Waals surface area contributed by atoms with Crippen molar-refractivity contribution in [1.29, 1.82) is 0 Å². The van der Waals surface area contributed by atoms with Crippen LogP contribution in [0.5, 0.6) is 0 Å². The number of benzene rings is 1. The van der Waals surface area contributed by atoms with Gasteiger partial charge in [-0.25, -0.2) is 8.78 Å². The van der Waals surface area contributed by atoms with Crippen LogP contribution in [-0.2, 0) is 6.42 Å². The van der Waals surface area contributed by atoms with Crippen molar-refractivity contribution in [2.24, 2.45) is 5.92 Å². The van der Waals surface area contributed by atoms with E-state index in [0.717, 1.165) is 25.8 Å². The Hall–Kier alpha value is -0.480. The molecule has 18 heavy (non-hydrogen) atoms. The monoisotopic (exact) mass is 317 g/mol. The molecule has 0 heterocycles. The van der Waals surface area contributed by atoms with Crippen LogP contribution in [-0.4, -0.2) is 12.6 Å². The topological polar surface area (TPSA) is 12.0 Å². The molecule has 1 fully saturated rings. The highest BCUT2D eigenvalue weighted by Gasteiger charge is 2.28. The molecule has 2 unspecified atom stereocenters. The Morgan fingerprint density at radius 3 is 2.83 bits per heavy atom. The van der Waals surface area contributed by atoms with Crippen LogP contribution >= 0.6 is 15.9 Å². The van der Waals surface area contributed by atoms with Crippen molar-refractivity contribution in [3.05, 3.63) is 33.8 Å². The van der Waals surface area contributed by atoms with Gasteiger partial charge in [0, 0.05) is 11.6 Å². The van der Waals surface area contributed by atoms with E-state index in [0.29, 0.717) is 22.9 Å². The first kappa shape index (κ1) is 13.9. The van der Waals surface area contributed by atoms with E-state index in [1.165, 1.54) is 12.1 Å². The van der Waals surface area contributed by atoms with E-state index < -0.39 is 11.6 Å². The second-order valence-electron chi connectivity index (χ2n) is 4.88.